The van der Waals surface area contributed by atoms with Gasteiger partial charge in [0.25, 0.3) is 5.91 Å². The van der Waals surface area contributed by atoms with Crippen LogP contribution in [0.1, 0.15) is 6.92 Å². The fraction of sp³-hybridized carbons (Fsp3) is 0.462. The summed E-state index contributed by atoms with van der Waals surface area (Å²) in [5, 5.41) is 3.77. The molecule has 0 spiro atoms. The number of ether oxygens (including phenoxy) is 1. The second-order valence-corrected chi connectivity index (χ2v) is 4.77. The smallest absolute Gasteiger partial charge is 0.260 e. The number of nitrogens with zero attached hydrogens (tertiary/aromatic N) is 1. The van der Waals surface area contributed by atoms with Crippen molar-refractivity contribution >= 4 is 29.9 Å². The highest BCUT2D eigenvalue weighted by Gasteiger charge is 2.23. The van der Waals surface area contributed by atoms with Gasteiger partial charge in [0.1, 0.15) is 5.75 Å². The maximum absolute atomic E-state index is 12.0. The van der Waals surface area contributed by atoms with Crippen LogP contribution in [0.15, 0.2) is 24.3 Å². The first kappa shape index (κ1) is 16.1. The molecule has 1 aromatic rings. The van der Waals surface area contributed by atoms with Crippen molar-refractivity contribution in [2.45, 2.75) is 13.0 Å². The van der Waals surface area contributed by atoms with Crippen LogP contribution in [-0.2, 0) is 4.79 Å². The van der Waals surface area contributed by atoms with Crippen LogP contribution in [0.25, 0.3) is 0 Å². The number of amides is 1. The van der Waals surface area contributed by atoms with Crippen molar-refractivity contribution in [3.05, 3.63) is 29.3 Å². The Morgan fingerprint density at radius 2 is 2.26 bits per heavy atom. The Balaban J connectivity index is 0.00000180. The van der Waals surface area contributed by atoms with E-state index >= 15 is 0 Å². The van der Waals surface area contributed by atoms with Crippen LogP contribution < -0.4 is 10.1 Å². The van der Waals surface area contributed by atoms with Gasteiger partial charge in [-0.2, -0.15) is 0 Å². The number of hydrogen-bond donors (Lipinski definition) is 1. The first-order valence-electron chi connectivity index (χ1n) is 6.06. The summed E-state index contributed by atoms with van der Waals surface area (Å²) in [7, 11) is 0. The van der Waals surface area contributed by atoms with Crippen LogP contribution in [-0.4, -0.2) is 43.1 Å². The predicted octanol–water partition coefficient (Wildman–Crippen LogP) is 1.96. The number of rotatable bonds is 3. The SMILES string of the molecule is C[C@@H]1CNCCN1C(=O)COc1ccccc1Cl.Cl. The third-order valence-corrected chi connectivity index (χ3v) is 3.32. The Labute approximate surface area is 124 Å². The van der Waals surface area contributed by atoms with Crippen molar-refractivity contribution in [2.24, 2.45) is 0 Å². The Morgan fingerprint density at radius 3 is 2.95 bits per heavy atom. The number of halogens is 2. The molecule has 0 bridgehead atoms. The van der Waals surface area contributed by atoms with Gasteiger partial charge in [-0.3, -0.25) is 4.79 Å². The molecular weight excluding hydrogens is 287 g/mol. The monoisotopic (exact) mass is 304 g/mol. The van der Waals surface area contributed by atoms with Crippen LogP contribution in [0, 0.1) is 0 Å². The summed E-state index contributed by atoms with van der Waals surface area (Å²) in [5.41, 5.74) is 0. The fourth-order valence-electron chi connectivity index (χ4n) is 2.00. The molecule has 0 unspecified atom stereocenters. The Bertz CT molecular complexity index is 429. The lowest BCUT2D eigenvalue weighted by Crippen LogP contribution is -2.53. The predicted molar refractivity (Wildman–Crippen MR) is 78.2 cm³/mol. The molecule has 1 aliphatic heterocycles. The van der Waals surface area contributed by atoms with Gasteiger partial charge in [-0.25, -0.2) is 0 Å². The van der Waals surface area contributed by atoms with Gasteiger partial charge in [0.15, 0.2) is 6.61 Å². The second-order valence-electron chi connectivity index (χ2n) is 4.36. The highest BCUT2D eigenvalue weighted by atomic mass is 35.5. The minimum atomic E-state index is 0. The van der Waals surface area contributed by atoms with Gasteiger partial charge in [0.05, 0.1) is 5.02 Å². The molecule has 6 heteroatoms. The lowest BCUT2D eigenvalue weighted by atomic mass is 10.2. The summed E-state index contributed by atoms with van der Waals surface area (Å²) in [6.45, 7) is 4.46. The maximum atomic E-state index is 12.0. The lowest BCUT2D eigenvalue weighted by molar-refractivity contribution is -0.136. The van der Waals surface area contributed by atoms with E-state index in [9.17, 15) is 4.79 Å². The molecular formula is C13H18Cl2N2O2. The van der Waals surface area contributed by atoms with Crippen LogP contribution >= 0.6 is 24.0 Å². The maximum Gasteiger partial charge on any atom is 0.260 e. The van der Waals surface area contributed by atoms with Crippen LogP contribution in [0.3, 0.4) is 0 Å². The Hall–Kier alpha value is -0.970. The molecule has 1 fully saturated rings. The van der Waals surface area contributed by atoms with E-state index < -0.39 is 0 Å². The number of para-hydroxylation sites is 1. The van der Waals surface area contributed by atoms with Crippen LogP contribution in [0.4, 0.5) is 0 Å². The van der Waals surface area contributed by atoms with Gasteiger partial charge in [-0.05, 0) is 19.1 Å². The van der Waals surface area contributed by atoms with Gasteiger partial charge < -0.3 is 15.0 Å². The van der Waals surface area contributed by atoms with Crippen LogP contribution in [0.5, 0.6) is 5.75 Å². The molecule has 1 aromatic carbocycles. The minimum absolute atomic E-state index is 0. The molecule has 1 aliphatic rings. The average molecular weight is 305 g/mol. The molecule has 0 radical (unpaired) electrons. The highest BCUT2D eigenvalue weighted by molar-refractivity contribution is 6.32. The normalized spacial score (nSPS) is 18.6. The number of piperazine rings is 1. The Morgan fingerprint density at radius 1 is 1.53 bits per heavy atom. The molecule has 1 heterocycles. The van der Waals surface area contributed by atoms with Gasteiger partial charge in [-0.1, -0.05) is 23.7 Å². The van der Waals surface area contributed by atoms with E-state index in [1.807, 2.05) is 24.0 Å². The van der Waals surface area contributed by atoms with Gasteiger partial charge in [0, 0.05) is 25.7 Å². The van der Waals surface area contributed by atoms with E-state index in [1.165, 1.54) is 0 Å². The van der Waals surface area contributed by atoms with E-state index in [1.54, 1.807) is 12.1 Å². The quantitative estimate of drug-likeness (QED) is 0.928. The summed E-state index contributed by atoms with van der Waals surface area (Å²) in [4.78, 5) is 13.9. The lowest BCUT2D eigenvalue weighted by Gasteiger charge is -2.33. The summed E-state index contributed by atoms with van der Waals surface area (Å²) >= 11 is 5.96. The largest absolute Gasteiger partial charge is 0.482 e. The van der Waals surface area contributed by atoms with Crippen molar-refractivity contribution in [3.8, 4) is 5.75 Å². The summed E-state index contributed by atoms with van der Waals surface area (Å²) in [5.74, 6) is 0.555. The molecule has 1 amide bonds. The number of hydrogen-bond acceptors (Lipinski definition) is 3. The van der Waals surface area contributed by atoms with Crippen molar-refractivity contribution in [1.82, 2.24) is 10.2 Å². The number of benzene rings is 1. The van der Waals surface area contributed by atoms with Crippen molar-refractivity contribution < 1.29 is 9.53 Å². The average Bonchev–Trinajstić information content (AvgIpc) is 2.38. The zero-order valence-corrected chi connectivity index (χ0v) is 12.3. The molecule has 19 heavy (non-hydrogen) atoms. The van der Waals surface area contributed by atoms with E-state index in [2.05, 4.69) is 5.32 Å². The summed E-state index contributed by atoms with van der Waals surface area (Å²) in [6, 6.07) is 7.38. The Kier molecular flexibility index (Phi) is 6.42. The zero-order valence-electron chi connectivity index (χ0n) is 10.8. The van der Waals surface area contributed by atoms with Crippen molar-refractivity contribution in [2.75, 3.05) is 26.2 Å². The van der Waals surface area contributed by atoms with Gasteiger partial charge in [0.2, 0.25) is 0 Å². The van der Waals surface area contributed by atoms with Crippen molar-refractivity contribution in [1.29, 1.82) is 0 Å². The zero-order chi connectivity index (χ0) is 13.0. The highest BCUT2D eigenvalue weighted by Crippen LogP contribution is 2.23. The first-order valence-corrected chi connectivity index (χ1v) is 6.44. The standard InChI is InChI=1S/C13H17ClN2O2.ClH/c1-10-8-15-6-7-16(10)13(17)9-18-12-5-3-2-4-11(12)14;/h2-5,10,15H,6-9H2,1H3;1H/t10-;/m1./s1. The van der Waals surface area contributed by atoms with E-state index in [0.29, 0.717) is 10.8 Å². The van der Waals surface area contributed by atoms with E-state index in [0.717, 1.165) is 19.6 Å². The van der Waals surface area contributed by atoms with Crippen LogP contribution in [0.2, 0.25) is 5.02 Å². The third-order valence-electron chi connectivity index (χ3n) is 3.01. The molecule has 106 valence electrons. The molecule has 1 N–H and O–H groups in total. The number of nitrogens with one attached hydrogen (secondary N) is 1. The summed E-state index contributed by atoms with van der Waals surface area (Å²) < 4.78 is 5.46. The molecule has 0 aliphatic carbocycles. The molecule has 4 nitrogen and oxygen atoms in total. The molecule has 2 rings (SSSR count). The number of carbonyl (C=O) groups excluding carboxylic acids is 1. The minimum Gasteiger partial charge on any atom is -0.482 e. The van der Waals surface area contributed by atoms with Crippen molar-refractivity contribution in [3.63, 3.8) is 0 Å². The first-order chi connectivity index (χ1) is 8.68. The topological polar surface area (TPSA) is 41.6 Å². The second kappa shape index (κ2) is 7.58. The molecule has 0 aromatic heterocycles. The fourth-order valence-corrected chi connectivity index (χ4v) is 2.19. The van der Waals surface area contributed by atoms with Gasteiger partial charge >= 0.3 is 0 Å². The van der Waals surface area contributed by atoms with Gasteiger partial charge in [-0.15, -0.1) is 12.4 Å². The summed E-state index contributed by atoms with van der Waals surface area (Å²) in [6.07, 6.45) is 0. The molecule has 0 saturated carbocycles. The third kappa shape index (κ3) is 4.27. The van der Waals surface area contributed by atoms with E-state index in [4.69, 9.17) is 16.3 Å². The molecule has 1 atom stereocenters. The number of carbonyl (C=O) groups is 1. The van der Waals surface area contributed by atoms with E-state index in [-0.39, 0.29) is 31.0 Å². The molecule has 1 saturated heterocycles.